The third-order valence-corrected chi connectivity index (χ3v) is 3.33. The van der Waals surface area contributed by atoms with Gasteiger partial charge in [0.1, 0.15) is 0 Å². The zero-order chi connectivity index (χ0) is 13.5. The van der Waals surface area contributed by atoms with Crippen molar-refractivity contribution in [3.63, 3.8) is 0 Å². The molecule has 0 bridgehead atoms. The molecular weight excluding hydrogens is 220 g/mol. The van der Waals surface area contributed by atoms with Gasteiger partial charge in [-0.25, -0.2) is 0 Å². The maximum absolute atomic E-state index is 6.08. The maximum atomic E-state index is 6.08. The molecular formula is C16H22N2. The van der Waals surface area contributed by atoms with Gasteiger partial charge in [0.25, 0.3) is 0 Å². The number of hydrogen-bond donors (Lipinski definition) is 1. The van der Waals surface area contributed by atoms with Crippen molar-refractivity contribution in [3.05, 3.63) is 41.1 Å². The van der Waals surface area contributed by atoms with Gasteiger partial charge in [-0.15, -0.1) is 0 Å². The Morgan fingerprint density at radius 2 is 1.83 bits per heavy atom. The first-order valence-corrected chi connectivity index (χ1v) is 6.46. The molecule has 0 saturated heterocycles. The van der Waals surface area contributed by atoms with Crippen LogP contribution < -0.4 is 5.73 Å². The van der Waals surface area contributed by atoms with Crippen LogP contribution in [0.15, 0.2) is 24.3 Å². The Morgan fingerprint density at radius 3 is 2.39 bits per heavy atom. The van der Waals surface area contributed by atoms with Crippen molar-refractivity contribution < 1.29 is 0 Å². The summed E-state index contributed by atoms with van der Waals surface area (Å²) in [5.74, 6) is 0. The molecule has 18 heavy (non-hydrogen) atoms. The maximum Gasteiger partial charge on any atom is 0.0708 e. The summed E-state index contributed by atoms with van der Waals surface area (Å²) in [6.45, 7) is 10.7. The fraction of sp³-hybridized carbons (Fsp3) is 0.438. The number of pyridine rings is 1. The van der Waals surface area contributed by atoms with Gasteiger partial charge in [0.05, 0.1) is 5.52 Å². The van der Waals surface area contributed by atoms with E-state index in [1.165, 1.54) is 16.5 Å². The molecule has 2 rings (SSSR count). The van der Waals surface area contributed by atoms with Crippen LogP contribution in [-0.2, 0) is 5.41 Å². The highest BCUT2D eigenvalue weighted by atomic mass is 14.7. The van der Waals surface area contributed by atoms with Crippen LogP contribution in [0.5, 0.6) is 0 Å². The van der Waals surface area contributed by atoms with E-state index in [0.29, 0.717) is 0 Å². The normalized spacial score (nSPS) is 13.9. The Bertz CT molecular complexity index is 577. The molecule has 0 aliphatic heterocycles. The molecule has 2 N–H and O–H groups in total. The lowest BCUT2D eigenvalue weighted by molar-refractivity contribution is 0.591. The molecule has 1 aromatic carbocycles. The summed E-state index contributed by atoms with van der Waals surface area (Å²) >= 11 is 0. The van der Waals surface area contributed by atoms with Crippen molar-refractivity contribution in [2.45, 2.75) is 46.1 Å². The average molecular weight is 242 g/mol. The first-order chi connectivity index (χ1) is 8.29. The number of rotatable bonds is 1. The highest BCUT2D eigenvalue weighted by molar-refractivity contribution is 5.83. The number of fused-ring (bicyclic) bond motifs is 1. The van der Waals surface area contributed by atoms with E-state index in [1.807, 2.05) is 13.8 Å². The van der Waals surface area contributed by atoms with E-state index in [1.54, 1.807) is 0 Å². The van der Waals surface area contributed by atoms with Gasteiger partial charge >= 0.3 is 0 Å². The molecule has 96 valence electrons. The molecule has 1 heterocycles. The monoisotopic (exact) mass is 242 g/mol. The highest BCUT2D eigenvalue weighted by Gasteiger charge is 2.16. The van der Waals surface area contributed by atoms with Gasteiger partial charge in [-0.1, -0.05) is 26.8 Å². The molecule has 0 spiro atoms. The largest absolute Gasteiger partial charge is 0.324 e. The smallest absolute Gasteiger partial charge is 0.0708 e. The van der Waals surface area contributed by atoms with Gasteiger partial charge in [0, 0.05) is 17.1 Å². The standard InChI is InChI=1S/C16H22N2/c1-10-8-13(11(2)17)14-9-12(16(3,4)5)6-7-15(14)18-10/h6-9,11H,17H2,1-5H3. The van der Waals surface area contributed by atoms with E-state index in [4.69, 9.17) is 5.73 Å². The molecule has 0 fully saturated rings. The van der Waals surface area contributed by atoms with E-state index >= 15 is 0 Å². The minimum atomic E-state index is 0.0319. The Morgan fingerprint density at radius 1 is 1.17 bits per heavy atom. The van der Waals surface area contributed by atoms with Crippen molar-refractivity contribution in [1.82, 2.24) is 4.98 Å². The molecule has 2 aromatic rings. The van der Waals surface area contributed by atoms with Crippen molar-refractivity contribution >= 4 is 10.9 Å². The minimum Gasteiger partial charge on any atom is -0.324 e. The van der Waals surface area contributed by atoms with Gasteiger partial charge in [0.15, 0.2) is 0 Å². The van der Waals surface area contributed by atoms with Crippen LogP contribution in [0.3, 0.4) is 0 Å². The topological polar surface area (TPSA) is 38.9 Å². The molecule has 0 saturated carbocycles. The van der Waals surface area contributed by atoms with Crippen LogP contribution in [0, 0.1) is 6.92 Å². The molecule has 0 radical (unpaired) electrons. The number of hydrogen-bond acceptors (Lipinski definition) is 2. The number of aryl methyl sites for hydroxylation is 1. The van der Waals surface area contributed by atoms with Crippen LogP contribution >= 0.6 is 0 Å². The summed E-state index contributed by atoms with van der Waals surface area (Å²) in [5.41, 5.74) is 10.8. The zero-order valence-corrected chi connectivity index (χ0v) is 11.9. The fourth-order valence-corrected chi connectivity index (χ4v) is 2.23. The predicted octanol–water partition coefficient (Wildman–Crippen LogP) is 3.86. The van der Waals surface area contributed by atoms with Crippen molar-refractivity contribution in [1.29, 1.82) is 0 Å². The quantitative estimate of drug-likeness (QED) is 0.824. The minimum absolute atomic E-state index is 0.0319. The van der Waals surface area contributed by atoms with Gasteiger partial charge in [-0.05, 0) is 48.6 Å². The Balaban J connectivity index is 2.75. The second-order valence-corrected chi connectivity index (χ2v) is 6.12. The van der Waals surface area contributed by atoms with Crippen LogP contribution in [-0.4, -0.2) is 4.98 Å². The number of benzene rings is 1. The van der Waals surface area contributed by atoms with E-state index in [9.17, 15) is 0 Å². The van der Waals surface area contributed by atoms with Gasteiger partial charge in [-0.3, -0.25) is 4.98 Å². The first kappa shape index (κ1) is 13.0. The van der Waals surface area contributed by atoms with Crippen LogP contribution in [0.25, 0.3) is 10.9 Å². The Hall–Kier alpha value is -1.41. The van der Waals surface area contributed by atoms with E-state index in [0.717, 1.165) is 11.2 Å². The van der Waals surface area contributed by atoms with Gasteiger partial charge < -0.3 is 5.73 Å². The lowest BCUT2D eigenvalue weighted by atomic mass is 9.85. The molecule has 2 nitrogen and oxygen atoms in total. The van der Waals surface area contributed by atoms with E-state index in [2.05, 4.69) is 50.0 Å². The molecule has 0 aliphatic carbocycles. The first-order valence-electron chi connectivity index (χ1n) is 6.46. The third-order valence-electron chi connectivity index (χ3n) is 3.33. The molecule has 1 aromatic heterocycles. The second kappa shape index (κ2) is 4.36. The lowest BCUT2D eigenvalue weighted by Gasteiger charge is -2.20. The van der Waals surface area contributed by atoms with Gasteiger partial charge in [0.2, 0.25) is 0 Å². The van der Waals surface area contributed by atoms with Crippen molar-refractivity contribution in [3.8, 4) is 0 Å². The van der Waals surface area contributed by atoms with E-state index in [-0.39, 0.29) is 11.5 Å². The Kier molecular flexibility index (Phi) is 3.16. The van der Waals surface area contributed by atoms with Crippen LogP contribution in [0.1, 0.15) is 50.6 Å². The summed E-state index contributed by atoms with van der Waals surface area (Å²) in [7, 11) is 0. The molecule has 1 atom stereocenters. The zero-order valence-electron chi connectivity index (χ0n) is 11.9. The number of nitrogens with two attached hydrogens (primary N) is 1. The van der Waals surface area contributed by atoms with Gasteiger partial charge in [-0.2, -0.15) is 0 Å². The molecule has 1 unspecified atom stereocenters. The Labute approximate surface area is 109 Å². The summed E-state index contributed by atoms with van der Waals surface area (Å²) < 4.78 is 0. The summed E-state index contributed by atoms with van der Waals surface area (Å²) in [4.78, 5) is 4.59. The third kappa shape index (κ3) is 2.39. The van der Waals surface area contributed by atoms with Crippen LogP contribution in [0.2, 0.25) is 0 Å². The second-order valence-electron chi connectivity index (χ2n) is 6.12. The number of nitrogens with zero attached hydrogens (tertiary/aromatic N) is 1. The average Bonchev–Trinajstić information content (AvgIpc) is 2.25. The predicted molar refractivity (Wildman–Crippen MR) is 77.8 cm³/mol. The fourth-order valence-electron chi connectivity index (χ4n) is 2.23. The molecule has 0 amide bonds. The molecule has 2 heteroatoms. The summed E-state index contributed by atoms with van der Waals surface area (Å²) in [5, 5.41) is 1.18. The van der Waals surface area contributed by atoms with Crippen molar-refractivity contribution in [2.75, 3.05) is 0 Å². The van der Waals surface area contributed by atoms with Crippen LogP contribution in [0.4, 0.5) is 0 Å². The SMILES string of the molecule is Cc1cc(C(C)N)c2cc(C(C)(C)C)ccc2n1. The molecule has 0 aliphatic rings. The van der Waals surface area contributed by atoms with E-state index < -0.39 is 0 Å². The van der Waals surface area contributed by atoms with Crippen molar-refractivity contribution in [2.24, 2.45) is 5.73 Å². The summed E-state index contributed by atoms with van der Waals surface area (Å²) in [6.07, 6.45) is 0. The lowest BCUT2D eigenvalue weighted by Crippen LogP contribution is -2.12. The number of aromatic nitrogens is 1. The summed E-state index contributed by atoms with van der Waals surface area (Å²) in [6, 6.07) is 8.64. The highest BCUT2D eigenvalue weighted by Crippen LogP contribution is 2.29.